The average Bonchev–Trinajstić information content (AvgIpc) is 4.08. The number of nitrogens with zero attached hydrogens (tertiary/aromatic N) is 5. The molecule has 62 heavy (non-hydrogen) atoms. The van der Waals surface area contributed by atoms with Gasteiger partial charge in [0, 0.05) is 54.8 Å². The van der Waals surface area contributed by atoms with Crippen molar-refractivity contribution in [2.75, 3.05) is 0 Å². The maximum atomic E-state index is 5.24. The molecule has 5 aromatic heterocycles. The van der Waals surface area contributed by atoms with Crippen molar-refractivity contribution in [3.05, 3.63) is 212 Å². The summed E-state index contributed by atoms with van der Waals surface area (Å²) in [5, 5.41) is 9.71. The highest BCUT2D eigenvalue weighted by atomic mass is 15.1. The predicted molar refractivity (Wildman–Crippen MR) is 259 cm³/mol. The van der Waals surface area contributed by atoms with Gasteiger partial charge in [-0.1, -0.05) is 121 Å². The Labute approximate surface area is 355 Å². The zero-order valence-corrected chi connectivity index (χ0v) is 33.4. The first-order chi connectivity index (χ1) is 30.8. The fourth-order valence-electron chi connectivity index (χ4n) is 10.5. The summed E-state index contributed by atoms with van der Waals surface area (Å²) in [5.74, 6) is 0. The summed E-state index contributed by atoms with van der Waals surface area (Å²) < 4.78 is 9.62. The Morgan fingerprint density at radius 3 is 1.40 bits per heavy atom. The zero-order chi connectivity index (χ0) is 40.5. The van der Waals surface area contributed by atoms with Crippen LogP contribution < -0.4 is 0 Å². The average molecular weight is 790 g/mol. The second-order valence-electron chi connectivity index (χ2n) is 16.4. The molecule has 0 aliphatic heterocycles. The molecular formula is C57H35N5. The summed E-state index contributed by atoms with van der Waals surface area (Å²) in [4.78, 5) is 5.24. The molecule has 0 saturated carbocycles. The van der Waals surface area contributed by atoms with Crippen LogP contribution in [-0.4, -0.2) is 23.1 Å². The van der Waals surface area contributed by atoms with Crippen molar-refractivity contribution in [1.82, 2.24) is 23.1 Å². The van der Waals surface area contributed by atoms with Crippen LogP contribution in [0.3, 0.4) is 0 Å². The van der Waals surface area contributed by atoms with Gasteiger partial charge in [0.25, 0.3) is 0 Å². The van der Waals surface area contributed by atoms with Crippen LogP contribution in [0.4, 0.5) is 0 Å². The van der Waals surface area contributed by atoms with Crippen LogP contribution in [0.2, 0.25) is 0 Å². The third kappa shape index (κ3) is 4.54. The van der Waals surface area contributed by atoms with E-state index in [0.29, 0.717) is 0 Å². The maximum absolute atomic E-state index is 5.24. The van der Waals surface area contributed by atoms with E-state index in [-0.39, 0.29) is 0 Å². The molecule has 5 heterocycles. The molecule has 5 heteroatoms. The van der Waals surface area contributed by atoms with Gasteiger partial charge >= 0.3 is 0 Å². The standard InChI is InChI=1S/C57H35N5/c1-3-15-38(16-4-1)59-49-24-12-9-19-41(49)45-33-36(27-30-51(45)59)37-28-31-52-46(34-37)42-20-10-13-25-50(42)60(52)40-29-32-53-47(35-40)55-43-21-7-8-22-44(43)56-58-48-23-11-14-26-54(48)62(56)57(55)61(53)39-17-5-2-6-18-39/h1-35H. The Bertz CT molecular complexity index is 4150. The molecule has 0 saturated heterocycles. The van der Waals surface area contributed by atoms with E-state index in [9.17, 15) is 0 Å². The number of fused-ring (bicyclic) bond motifs is 16. The van der Waals surface area contributed by atoms with Gasteiger partial charge in [-0.2, -0.15) is 0 Å². The van der Waals surface area contributed by atoms with Gasteiger partial charge in [-0.25, -0.2) is 4.98 Å². The number of hydrogen-bond acceptors (Lipinski definition) is 1. The lowest BCUT2D eigenvalue weighted by Gasteiger charge is -2.11. The molecule has 0 unspecified atom stereocenters. The van der Waals surface area contributed by atoms with E-state index in [2.05, 4.69) is 230 Å². The monoisotopic (exact) mass is 789 g/mol. The van der Waals surface area contributed by atoms with Gasteiger partial charge in [-0.05, 0) is 108 Å². The molecule has 5 nitrogen and oxygen atoms in total. The van der Waals surface area contributed by atoms with Crippen molar-refractivity contribution >= 4 is 93.0 Å². The number of para-hydroxylation sites is 6. The van der Waals surface area contributed by atoms with E-state index in [1.54, 1.807) is 0 Å². The second-order valence-corrected chi connectivity index (χ2v) is 16.4. The van der Waals surface area contributed by atoms with Crippen LogP contribution in [-0.2, 0) is 0 Å². The molecule has 0 fully saturated rings. The molecule has 14 rings (SSSR count). The van der Waals surface area contributed by atoms with Gasteiger partial charge in [-0.3, -0.25) is 8.97 Å². The lowest BCUT2D eigenvalue weighted by molar-refractivity contribution is 1.11. The Hall–Kier alpha value is -8.41. The Morgan fingerprint density at radius 2 is 0.758 bits per heavy atom. The molecule has 0 atom stereocenters. The van der Waals surface area contributed by atoms with Gasteiger partial charge in [0.2, 0.25) is 0 Å². The molecule has 0 radical (unpaired) electrons. The molecule has 288 valence electrons. The Morgan fingerprint density at radius 1 is 0.290 bits per heavy atom. The summed E-state index contributed by atoms with van der Waals surface area (Å²) in [6.45, 7) is 0. The van der Waals surface area contributed by atoms with Crippen LogP contribution in [0, 0.1) is 0 Å². The minimum absolute atomic E-state index is 0.966. The number of aromatic nitrogens is 5. The van der Waals surface area contributed by atoms with E-state index in [4.69, 9.17) is 4.98 Å². The summed E-state index contributed by atoms with van der Waals surface area (Å²) in [6.07, 6.45) is 0. The van der Waals surface area contributed by atoms with Crippen LogP contribution in [0.1, 0.15) is 0 Å². The van der Waals surface area contributed by atoms with Crippen molar-refractivity contribution in [3.63, 3.8) is 0 Å². The van der Waals surface area contributed by atoms with Gasteiger partial charge in [-0.15, -0.1) is 0 Å². The van der Waals surface area contributed by atoms with Gasteiger partial charge in [0.15, 0.2) is 0 Å². The van der Waals surface area contributed by atoms with Crippen molar-refractivity contribution in [2.45, 2.75) is 0 Å². The number of pyridine rings is 1. The normalized spacial score (nSPS) is 12.2. The summed E-state index contributed by atoms with van der Waals surface area (Å²) in [5.41, 5.74) is 15.9. The van der Waals surface area contributed by atoms with E-state index in [1.165, 1.54) is 76.6 Å². The predicted octanol–water partition coefficient (Wildman–Crippen LogP) is 14.6. The van der Waals surface area contributed by atoms with Crippen molar-refractivity contribution in [1.29, 1.82) is 0 Å². The lowest BCUT2D eigenvalue weighted by atomic mass is 10.0. The third-order valence-corrected chi connectivity index (χ3v) is 13.1. The molecule has 0 amide bonds. The summed E-state index contributed by atoms with van der Waals surface area (Å²) in [7, 11) is 0. The minimum atomic E-state index is 0.966. The second kappa shape index (κ2) is 12.6. The lowest BCUT2D eigenvalue weighted by Crippen LogP contribution is -1.99. The quantitative estimate of drug-likeness (QED) is 0.175. The SMILES string of the molecule is c1ccc(-n2c3ccccc3c3cc(-c4ccc5c(c4)c4ccccc4n5-c4ccc5c(c4)c4c6ccccc6c6nc7ccccc7n6c4n5-c4ccccc4)ccc32)cc1. The van der Waals surface area contributed by atoms with Gasteiger partial charge < -0.3 is 9.13 Å². The summed E-state index contributed by atoms with van der Waals surface area (Å²) >= 11 is 0. The molecule has 14 aromatic rings. The van der Waals surface area contributed by atoms with Gasteiger partial charge in [0.1, 0.15) is 11.3 Å². The van der Waals surface area contributed by atoms with Crippen molar-refractivity contribution in [3.8, 4) is 28.2 Å². The van der Waals surface area contributed by atoms with E-state index < -0.39 is 0 Å². The summed E-state index contributed by atoms with van der Waals surface area (Å²) in [6, 6.07) is 77.2. The first kappa shape index (κ1) is 33.4. The fraction of sp³-hybridized carbons (Fsp3) is 0. The highest BCUT2D eigenvalue weighted by Gasteiger charge is 2.23. The number of imidazole rings is 1. The number of benzene rings is 9. The first-order valence-electron chi connectivity index (χ1n) is 21.2. The van der Waals surface area contributed by atoms with Crippen LogP contribution in [0.15, 0.2) is 212 Å². The fourth-order valence-corrected chi connectivity index (χ4v) is 10.5. The number of hydrogen-bond donors (Lipinski definition) is 0. The first-order valence-corrected chi connectivity index (χ1v) is 21.2. The Balaban J connectivity index is 1.02. The largest absolute Gasteiger partial charge is 0.309 e. The third-order valence-electron chi connectivity index (χ3n) is 13.1. The minimum Gasteiger partial charge on any atom is -0.309 e. The zero-order valence-electron chi connectivity index (χ0n) is 33.4. The highest BCUT2D eigenvalue weighted by molar-refractivity contribution is 6.24. The Kier molecular flexibility index (Phi) is 6.77. The van der Waals surface area contributed by atoms with Crippen molar-refractivity contribution in [2.24, 2.45) is 0 Å². The van der Waals surface area contributed by atoms with E-state index in [0.717, 1.165) is 44.6 Å². The molecule has 0 spiro atoms. The molecule has 9 aromatic carbocycles. The van der Waals surface area contributed by atoms with E-state index in [1.807, 2.05) is 0 Å². The highest BCUT2D eigenvalue weighted by Crippen LogP contribution is 2.43. The molecule has 0 N–H and O–H groups in total. The number of rotatable bonds is 4. The molecular weight excluding hydrogens is 755 g/mol. The van der Waals surface area contributed by atoms with E-state index >= 15 is 0 Å². The molecule has 0 aliphatic rings. The maximum Gasteiger partial charge on any atom is 0.147 e. The van der Waals surface area contributed by atoms with Crippen LogP contribution >= 0.6 is 0 Å². The van der Waals surface area contributed by atoms with Crippen molar-refractivity contribution < 1.29 is 0 Å². The van der Waals surface area contributed by atoms with Crippen LogP contribution in [0.5, 0.6) is 0 Å². The smallest absolute Gasteiger partial charge is 0.147 e. The molecule has 0 bridgehead atoms. The molecule has 0 aliphatic carbocycles. The van der Waals surface area contributed by atoms with Crippen LogP contribution in [0.25, 0.3) is 121 Å². The topological polar surface area (TPSA) is 32.1 Å². The van der Waals surface area contributed by atoms with Gasteiger partial charge in [0.05, 0.1) is 38.6 Å².